The minimum absolute atomic E-state index is 0.0161. The maximum atomic E-state index is 14.0. The van der Waals surface area contributed by atoms with E-state index in [0.717, 1.165) is 108 Å². The molecular formula is C61H69FN10O4. The molecule has 15 heteroatoms. The number of anilines is 2. The highest BCUT2D eigenvalue weighted by Crippen LogP contribution is 2.57. The first-order chi connectivity index (χ1) is 36.5. The van der Waals surface area contributed by atoms with Gasteiger partial charge in [-0.15, -0.1) is 20.4 Å². The van der Waals surface area contributed by atoms with Gasteiger partial charge in [0.1, 0.15) is 17.6 Å². The predicted molar refractivity (Wildman–Crippen MR) is 294 cm³/mol. The number of alkyl halides is 1. The van der Waals surface area contributed by atoms with E-state index in [1.165, 1.54) is 0 Å². The molecule has 4 amide bonds. The maximum absolute atomic E-state index is 14.0. The van der Waals surface area contributed by atoms with E-state index in [1.807, 2.05) is 115 Å². The molecule has 2 unspecified atom stereocenters. The highest BCUT2D eigenvalue weighted by Gasteiger charge is 2.53. The number of nitrogens with one attached hydrogen (secondary N) is 2. The third kappa shape index (κ3) is 11.3. The van der Waals surface area contributed by atoms with Crippen LogP contribution < -0.4 is 22.1 Å². The first-order valence-electron chi connectivity index (χ1n) is 26.9. The van der Waals surface area contributed by atoms with E-state index in [4.69, 9.17) is 21.7 Å². The van der Waals surface area contributed by atoms with Crippen LogP contribution in [-0.2, 0) is 30.3 Å². The van der Waals surface area contributed by atoms with Gasteiger partial charge in [-0.2, -0.15) is 0 Å². The van der Waals surface area contributed by atoms with Gasteiger partial charge in [0.05, 0.1) is 0 Å². The summed E-state index contributed by atoms with van der Waals surface area (Å²) in [6.07, 6.45) is 8.17. The zero-order valence-electron chi connectivity index (χ0n) is 44.0. The molecule has 0 radical (unpaired) electrons. The lowest BCUT2D eigenvalue weighted by atomic mass is 9.71. The van der Waals surface area contributed by atoms with Crippen LogP contribution in [0.25, 0.3) is 44.8 Å². The van der Waals surface area contributed by atoms with Crippen LogP contribution in [0.1, 0.15) is 120 Å². The molecule has 4 saturated carbocycles. The smallest absolute Gasteiger partial charge is 0.225 e. The van der Waals surface area contributed by atoms with Crippen molar-refractivity contribution in [1.82, 2.24) is 30.2 Å². The lowest BCUT2D eigenvalue weighted by molar-refractivity contribution is -0.131. The molecular weight excluding hydrogens is 956 g/mol. The quantitative estimate of drug-likeness (QED) is 0.0767. The van der Waals surface area contributed by atoms with Crippen LogP contribution >= 0.6 is 0 Å². The average Bonchev–Trinajstić information content (AvgIpc) is 4.20. The highest BCUT2D eigenvalue weighted by molar-refractivity contribution is 5.93. The fourth-order valence-electron chi connectivity index (χ4n) is 12.1. The summed E-state index contributed by atoms with van der Waals surface area (Å²) in [7, 11) is 3.70. The molecule has 2 heterocycles. The Morgan fingerprint density at radius 3 is 1.49 bits per heavy atom. The van der Waals surface area contributed by atoms with Crippen LogP contribution in [0.15, 0.2) is 115 Å². The van der Waals surface area contributed by atoms with Crippen LogP contribution in [0.3, 0.4) is 0 Å². The number of carbonyl (C=O) groups excluding carboxylic acids is 4. The molecule has 2 aromatic heterocycles. The standard InChI is InChI=1S/C61H69FN10O4/c1-37(73)71(3)49-25-13-39(14-26-49)29-56(75)65-54-32-51(41-9-6-5-7-10-41)58(69-67-54)43-19-23-47(24-20-43)61(64)36-53(61)45-12-8-11-44(31-45)52-33-55(66-57(76)30-40-15-27-50(28-16-40)72(4)38(2)74)68-70-59(52)42-17-21-46(22-18-42)60(63)34-48(62)35-60/h5-12,17-24,31-33,39-40,48-50,53H,13-16,25-30,34-36,63-64H2,1-4H3,(H,65,67,75)(H,66,68,76). The highest BCUT2D eigenvalue weighted by atomic mass is 19.1. The van der Waals surface area contributed by atoms with Gasteiger partial charge in [0, 0.05) is 105 Å². The zero-order chi connectivity index (χ0) is 53.3. The van der Waals surface area contributed by atoms with Crippen molar-refractivity contribution >= 4 is 35.3 Å². The minimum Gasteiger partial charge on any atom is -0.343 e. The molecule has 4 aliphatic rings. The first kappa shape index (κ1) is 52.2. The van der Waals surface area contributed by atoms with Crippen molar-refractivity contribution < 1.29 is 23.6 Å². The lowest BCUT2D eigenvalue weighted by Gasteiger charge is -2.41. The number of amides is 4. The number of nitrogens with two attached hydrogens (primary N) is 2. The average molecular weight is 1030 g/mol. The Hall–Kier alpha value is -7.23. The summed E-state index contributed by atoms with van der Waals surface area (Å²) in [6, 6.07) is 38.5. The second-order valence-electron chi connectivity index (χ2n) is 22.2. The van der Waals surface area contributed by atoms with Gasteiger partial charge >= 0.3 is 0 Å². The largest absolute Gasteiger partial charge is 0.343 e. The van der Waals surface area contributed by atoms with Gasteiger partial charge in [-0.3, -0.25) is 19.2 Å². The molecule has 2 atom stereocenters. The Kier molecular flexibility index (Phi) is 15.0. The summed E-state index contributed by atoms with van der Waals surface area (Å²) in [6.45, 7) is 3.19. The summed E-state index contributed by atoms with van der Waals surface area (Å²) >= 11 is 0. The van der Waals surface area contributed by atoms with E-state index in [9.17, 15) is 23.6 Å². The number of halogens is 1. The Bertz CT molecular complexity index is 3100. The number of carbonyl (C=O) groups is 4. The van der Waals surface area contributed by atoms with Gasteiger partial charge in [0.25, 0.3) is 0 Å². The SMILES string of the molecule is CC(=O)N(C)C1CCC(CC(=O)Nc2cc(-c3ccccc3)c(-c3ccc(C4(N)CC4c4cccc(-c5cc(NC(=O)CC6CCC(N(C)C(C)=O)CC6)nnc5-c5ccc(C6(N)CC(F)C6)cc5)c4)cc3)nn2)CC1. The third-order valence-corrected chi connectivity index (χ3v) is 17.1. The van der Waals surface area contributed by atoms with Crippen molar-refractivity contribution in [2.45, 2.75) is 133 Å². The van der Waals surface area contributed by atoms with Crippen molar-refractivity contribution in [2.24, 2.45) is 23.3 Å². The molecule has 0 saturated heterocycles. The van der Waals surface area contributed by atoms with Gasteiger partial charge in [-0.05, 0) is 110 Å². The van der Waals surface area contributed by atoms with Crippen LogP contribution in [0.5, 0.6) is 0 Å². The van der Waals surface area contributed by atoms with Crippen molar-refractivity contribution in [3.8, 4) is 44.8 Å². The molecule has 4 aromatic carbocycles. The van der Waals surface area contributed by atoms with Gasteiger partial charge < -0.3 is 31.9 Å². The van der Waals surface area contributed by atoms with Crippen LogP contribution in [0, 0.1) is 11.8 Å². The van der Waals surface area contributed by atoms with Crippen LogP contribution in [0.2, 0.25) is 0 Å². The van der Waals surface area contributed by atoms with Crippen molar-refractivity contribution in [3.63, 3.8) is 0 Å². The van der Waals surface area contributed by atoms with Gasteiger partial charge in [0.15, 0.2) is 11.6 Å². The number of hydrogen-bond donors (Lipinski definition) is 4. The molecule has 0 bridgehead atoms. The molecule has 0 spiro atoms. The Morgan fingerprint density at radius 1 is 0.553 bits per heavy atom. The molecule has 6 N–H and O–H groups in total. The van der Waals surface area contributed by atoms with E-state index in [1.54, 1.807) is 13.8 Å². The maximum Gasteiger partial charge on any atom is 0.225 e. The van der Waals surface area contributed by atoms with E-state index in [-0.39, 0.29) is 66.3 Å². The van der Waals surface area contributed by atoms with Crippen LogP contribution in [0.4, 0.5) is 16.0 Å². The van der Waals surface area contributed by atoms with Gasteiger partial charge in [-0.25, -0.2) is 4.39 Å². The van der Waals surface area contributed by atoms with Gasteiger partial charge in [0.2, 0.25) is 23.6 Å². The van der Waals surface area contributed by atoms with Crippen molar-refractivity contribution in [1.29, 1.82) is 0 Å². The number of aromatic nitrogens is 4. The number of benzene rings is 4. The predicted octanol–water partition coefficient (Wildman–Crippen LogP) is 10.3. The van der Waals surface area contributed by atoms with E-state index in [0.29, 0.717) is 35.9 Å². The normalized spacial score (nSPS) is 24.9. The van der Waals surface area contributed by atoms with E-state index < -0.39 is 17.2 Å². The molecule has 4 aliphatic carbocycles. The molecule has 0 aliphatic heterocycles. The summed E-state index contributed by atoms with van der Waals surface area (Å²) in [5, 5.41) is 24.5. The monoisotopic (exact) mass is 1020 g/mol. The number of hydrogen-bond acceptors (Lipinski definition) is 10. The molecule has 14 nitrogen and oxygen atoms in total. The number of rotatable bonds is 15. The van der Waals surface area contributed by atoms with E-state index >= 15 is 0 Å². The summed E-state index contributed by atoms with van der Waals surface area (Å²) < 4.78 is 14.0. The first-order valence-corrected chi connectivity index (χ1v) is 26.9. The van der Waals surface area contributed by atoms with Crippen LogP contribution in [-0.4, -0.2) is 86.2 Å². The topological polar surface area (TPSA) is 202 Å². The Morgan fingerprint density at radius 2 is 1.01 bits per heavy atom. The fourth-order valence-corrected chi connectivity index (χ4v) is 12.1. The van der Waals surface area contributed by atoms with Gasteiger partial charge in [-0.1, -0.05) is 103 Å². The number of nitrogens with zero attached hydrogens (tertiary/aromatic N) is 6. The summed E-state index contributed by atoms with van der Waals surface area (Å²) in [5.74, 6) is 1.11. The molecule has 76 heavy (non-hydrogen) atoms. The lowest BCUT2D eigenvalue weighted by Crippen LogP contribution is -2.50. The molecule has 10 rings (SSSR count). The second kappa shape index (κ2) is 21.8. The molecule has 6 aromatic rings. The minimum atomic E-state index is -0.899. The Labute approximate surface area is 444 Å². The van der Waals surface area contributed by atoms with E-state index in [2.05, 4.69) is 45.1 Å². The summed E-state index contributed by atoms with van der Waals surface area (Å²) in [5.41, 5.74) is 21.9. The third-order valence-electron chi connectivity index (χ3n) is 17.1. The zero-order valence-corrected chi connectivity index (χ0v) is 44.0. The fraction of sp³-hybridized carbons (Fsp3) is 0.410. The Balaban J connectivity index is 0.857. The molecule has 394 valence electrons. The van der Waals surface area contributed by atoms with Crippen molar-refractivity contribution in [2.75, 3.05) is 24.7 Å². The molecule has 4 fully saturated rings. The summed E-state index contributed by atoms with van der Waals surface area (Å²) in [4.78, 5) is 54.4. The second-order valence-corrected chi connectivity index (χ2v) is 22.2. The van der Waals surface area contributed by atoms with Crippen molar-refractivity contribution in [3.05, 3.63) is 132 Å².